The van der Waals surface area contributed by atoms with Crippen LogP contribution in [-0.4, -0.2) is 0 Å². The van der Waals surface area contributed by atoms with Crippen molar-refractivity contribution in [3.05, 3.63) is 12.2 Å². The molecule has 0 aliphatic rings. The highest BCUT2D eigenvalue weighted by atomic mass is 14.2. The molecule has 0 heterocycles. The molecule has 0 rings (SSSR count). The van der Waals surface area contributed by atoms with Crippen LogP contribution in [0.2, 0.25) is 0 Å². The van der Waals surface area contributed by atoms with Crippen LogP contribution < -0.4 is 0 Å². The first-order valence-corrected chi connectivity index (χ1v) is 2.42. The standard InChI is InChI=1S/C4H5N.C2H6/c1-2-3-4-5;1-2/h2-3H,1H3;1-2H3/b3-2-;. The molecule has 0 radical (unpaired) electrons. The second-order valence-electron chi connectivity index (χ2n) is 0.629. The molecule has 0 saturated heterocycles. The zero-order chi connectivity index (χ0) is 6.12. The number of rotatable bonds is 0. The molecule has 1 nitrogen and oxygen atoms in total. The van der Waals surface area contributed by atoms with E-state index in [1.54, 1.807) is 6.08 Å². The van der Waals surface area contributed by atoms with Gasteiger partial charge in [0, 0.05) is 6.08 Å². The highest BCUT2D eigenvalue weighted by Gasteiger charge is 1.45. The molecule has 0 fully saturated rings. The first-order chi connectivity index (χ1) is 3.41. The molecule has 0 amide bonds. The fourth-order valence-electron chi connectivity index (χ4n) is 0.0745. The van der Waals surface area contributed by atoms with E-state index in [-0.39, 0.29) is 0 Å². The van der Waals surface area contributed by atoms with E-state index in [1.807, 2.05) is 26.8 Å². The van der Waals surface area contributed by atoms with E-state index in [0.717, 1.165) is 0 Å². The van der Waals surface area contributed by atoms with Gasteiger partial charge in [0.2, 0.25) is 0 Å². The van der Waals surface area contributed by atoms with E-state index in [1.165, 1.54) is 6.08 Å². The molecule has 0 spiro atoms. The van der Waals surface area contributed by atoms with Gasteiger partial charge in [-0.1, -0.05) is 19.9 Å². The van der Waals surface area contributed by atoms with Gasteiger partial charge < -0.3 is 0 Å². The Balaban J connectivity index is 0. The molecule has 1 heteroatoms. The Labute approximate surface area is 45.3 Å². The maximum Gasteiger partial charge on any atom is 0.0908 e. The highest BCUT2D eigenvalue weighted by Crippen LogP contribution is 1.58. The minimum atomic E-state index is 1.43. The summed E-state index contributed by atoms with van der Waals surface area (Å²) >= 11 is 0. The van der Waals surface area contributed by atoms with Gasteiger partial charge >= 0.3 is 0 Å². The number of nitriles is 1. The Hall–Kier alpha value is -0.770. The Morgan fingerprint density at radius 3 is 1.86 bits per heavy atom. The van der Waals surface area contributed by atoms with E-state index >= 15 is 0 Å². The van der Waals surface area contributed by atoms with Crippen molar-refractivity contribution in [2.24, 2.45) is 0 Å². The van der Waals surface area contributed by atoms with Crippen LogP contribution in [-0.2, 0) is 0 Å². The van der Waals surface area contributed by atoms with Crippen molar-refractivity contribution < 1.29 is 0 Å². The van der Waals surface area contributed by atoms with Crippen LogP contribution in [0.15, 0.2) is 12.2 Å². The summed E-state index contributed by atoms with van der Waals surface area (Å²) in [6.45, 7) is 5.81. The molecule has 0 bridgehead atoms. The Kier molecular flexibility index (Phi) is 25.6. The molecule has 0 aliphatic heterocycles. The first kappa shape index (κ1) is 9.52. The minimum Gasteiger partial charge on any atom is -0.193 e. The molecule has 0 atom stereocenters. The SMILES string of the molecule is C/C=C\C#N.CC. The quantitative estimate of drug-likeness (QED) is 0.425. The van der Waals surface area contributed by atoms with Crippen LogP contribution in [0.1, 0.15) is 20.8 Å². The van der Waals surface area contributed by atoms with E-state index in [9.17, 15) is 0 Å². The highest BCUT2D eigenvalue weighted by molar-refractivity contribution is 4.99. The van der Waals surface area contributed by atoms with Crippen molar-refractivity contribution >= 4 is 0 Å². The minimum absolute atomic E-state index is 1.43. The summed E-state index contributed by atoms with van der Waals surface area (Å²) in [7, 11) is 0. The van der Waals surface area contributed by atoms with Gasteiger partial charge in [0.25, 0.3) is 0 Å². The fraction of sp³-hybridized carbons (Fsp3) is 0.500. The number of nitrogens with zero attached hydrogens (tertiary/aromatic N) is 1. The molecule has 7 heavy (non-hydrogen) atoms. The Morgan fingerprint density at radius 1 is 1.43 bits per heavy atom. The maximum absolute atomic E-state index is 7.73. The third-order valence-corrected chi connectivity index (χ3v) is 0.241. The lowest BCUT2D eigenvalue weighted by atomic mass is 10.6. The lowest BCUT2D eigenvalue weighted by Gasteiger charge is -1.47. The predicted molar refractivity (Wildman–Crippen MR) is 31.8 cm³/mol. The average molecular weight is 97.2 g/mol. The van der Waals surface area contributed by atoms with Gasteiger partial charge in [-0.25, -0.2) is 0 Å². The zero-order valence-electron chi connectivity index (χ0n) is 5.10. The van der Waals surface area contributed by atoms with Crippen molar-refractivity contribution in [1.29, 1.82) is 5.26 Å². The molecule has 0 N–H and O–H groups in total. The van der Waals surface area contributed by atoms with E-state index < -0.39 is 0 Å². The van der Waals surface area contributed by atoms with Gasteiger partial charge in [0.05, 0.1) is 6.07 Å². The smallest absolute Gasteiger partial charge is 0.0908 e. The summed E-state index contributed by atoms with van der Waals surface area (Å²) in [5, 5.41) is 7.73. The van der Waals surface area contributed by atoms with Crippen LogP contribution in [0.4, 0.5) is 0 Å². The second kappa shape index (κ2) is 18.8. The average Bonchev–Trinajstić information content (AvgIpc) is 1.75. The lowest BCUT2D eigenvalue weighted by molar-refractivity contribution is 1.50. The zero-order valence-corrected chi connectivity index (χ0v) is 5.10. The van der Waals surface area contributed by atoms with Gasteiger partial charge in [-0.15, -0.1) is 0 Å². The van der Waals surface area contributed by atoms with Gasteiger partial charge in [-0.2, -0.15) is 5.26 Å². The Bertz CT molecular complexity index is 66.7. The van der Waals surface area contributed by atoms with Crippen molar-refractivity contribution in [3.8, 4) is 6.07 Å². The third kappa shape index (κ3) is 36.1. The third-order valence-electron chi connectivity index (χ3n) is 0.241. The van der Waals surface area contributed by atoms with Crippen molar-refractivity contribution in [3.63, 3.8) is 0 Å². The normalized spacial score (nSPS) is 6.57. The number of hydrogen-bond donors (Lipinski definition) is 0. The molecule has 0 unspecified atom stereocenters. The largest absolute Gasteiger partial charge is 0.193 e. The summed E-state index contributed by atoms with van der Waals surface area (Å²) < 4.78 is 0. The maximum atomic E-state index is 7.73. The lowest BCUT2D eigenvalue weighted by Crippen LogP contribution is -1.35. The van der Waals surface area contributed by atoms with E-state index in [4.69, 9.17) is 5.26 Å². The van der Waals surface area contributed by atoms with Crippen LogP contribution in [0, 0.1) is 11.3 Å². The summed E-state index contributed by atoms with van der Waals surface area (Å²) in [5.41, 5.74) is 0. The van der Waals surface area contributed by atoms with Crippen LogP contribution in [0.25, 0.3) is 0 Å². The predicted octanol–water partition coefficient (Wildman–Crippen LogP) is 2.11. The van der Waals surface area contributed by atoms with Crippen molar-refractivity contribution in [2.45, 2.75) is 20.8 Å². The summed E-state index contributed by atoms with van der Waals surface area (Å²) in [6.07, 6.45) is 3.12. The van der Waals surface area contributed by atoms with E-state index in [0.29, 0.717) is 0 Å². The van der Waals surface area contributed by atoms with Gasteiger partial charge in [-0.05, 0) is 6.92 Å². The second-order valence-corrected chi connectivity index (χ2v) is 0.629. The summed E-state index contributed by atoms with van der Waals surface area (Å²) in [6, 6.07) is 1.84. The number of allylic oxidation sites excluding steroid dienone is 2. The summed E-state index contributed by atoms with van der Waals surface area (Å²) in [4.78, 5) is 0. The van der Waals surface area contributed by atoms with Gasteiger partial charge in [0.15, 0.2) is 0 Å². The summed E-state index contributed by atoms with van der Waals surface area (Å²) in [5.74, 6) is 0. The first-order valence-electron chi connectivity index (χ1n) is 2.42. The van der Waals surface area contributed by atoms with Gasteiger partial charge in [0.1, 0.15) is 0 Å². The monoisotopic (exact) mass is 97.1 g/mol. The van der Waals surface area contributed by atoms with E-state index in [2.05, 4.69) is 0 Å². The molecule has 0 aromatic carbocycles. The van der Waals surface area contributed by atoms with Crippen molar-refractivity contribution in [1.82, 2.24) is 0 Å². The molecular formula is C6H11N. The van der Waals surface area contributed by atoms with Crippen LogP contribution in [0.5, 0.6) is 0 Å². The molecule has 0 saturated carbocycles. The molecule has 0 aromatic rings. The topological polar surface area (TPSA) is 23.8 Å². The van der Waals surface area contributed by atoms with Crippen LogP contribution in [0.3, 0.4) is 0 Å². The van der Waals surface area contributed by atoms with Crippen LogP contribution >= 0.6 is 0 Å². The fourth-order valence-corrected chi connectivity index (χ4v) is 0.0745. The Morgan fingerprint density at radius 2 is 1.86 bits per heavy atom. The molecular weight excluding hydrogens is 86.1 g/mol. The van der Waals surface area contributed by atoms with Gasteiger partial charge in [-0.3, -0.25) is 0 Å². The molecule has 0 aromatic heterocycles. The number of hydrogen-bond acceptors (Lipinski definition) is 1. The van der Waals surface area contributed by atoms with Crippen molar-refractivity contribution in [2.75, 3.05) is 0 Å². The molecule has 0 aliphatic carbocycles. The molecule has 40 valence electrons.